The molecule has 0 aliphatic carbocycles. The smallest absolute Gasteiger partial charge is 0.243 e. The molecule has 1 aromatic carbocycles. The van der Waals surface area contributed by atoms with Gasteiger partial charge in [0.2, 0.25) is 17.7 Å². The number of carbonyl (C=O) groups excluding carboxylic acids is 3. The maximum atomic E-state index is 12.9. The van der Waals surface area contributed by atoms with E-state index in [1.165, 1.54) is 0 Å². The number of benzene rings is 1. The van der Waals surface area contributed by atoms with Crippen LogP contribution in [0.3, 0.4) is 0 Å². The summed E-state index contributed by atoms with van der Waals surface area (Å²) in [5, 5.41) is 5.56. The molecule has 3 rings (SSSR count). The molecule has 2 aliphatic heterocycles. The van der Waals surface area contributed by atoms with E-state index in [4.69, 9.17) is 0 Å². The molecular formula is C20H29N5O3. The predicted molar refractivity (Wildman–Crippen MR) is 107 cm³/mol. The first-order chi connectivity index (χ1) is 13.6. The Hall–Kier alpha value is -2.45. The lowest BCUT2D eigenvalue weighted by atomic mass is 10.1. The van der Waals surface area contributed by atoms with Crippen LogP contribution in [-0.2, 0) is 14.4 Å². The Morgan fingerprint density at radius 3 is 2.43 bits per heavy atom. The highest BCUT2D eigenvalue weighted by Crippen LogP contribution is 2.13. The van der Waals surface area contributed by atoms with Gasteiger partial charge in [-0.25, -0.2) is 0 Å². The average molecular weight is 387 g/mol. The van der Waals surface area contributed by atoms with E-state index in [9.17, 15) is 14.4 Å². The molecule has 8 heteroatoms. The van der Waals surface area contributed by atoms with Gasteiger partial charge < -0.3 is 20.4 Å². The van der Waals surface area contributed by atoms with Crippen LogP contribution in [0.15, 0.2) is 30.3 Å². The second-order valence-corrected chi connectivity index (χ2v) is 7.22. The zero-order chi connectivity index (χ0) is 19.9. The molecule has 0 spiro atoms. The van der Waals surface area contributed by atoms with Crippen molar-refractivity contribution in [3.63, 3.8) is 0 Å². The lowest BCUT2D eigenvalue weighted by Crippen LogP contribution is -2.60. The molecule has 2 fully saturated rings. The minimum absolute atomic E-state index is 0.0456. The third-order valence-corrected chi connectivity index (χ3v) is 5.36. The number of rotatable bonds is 6. The molecule has 2 N–H and O–H groups in total. The second kappa shape index (κ2) is 9.66. The first kappa shape index (κ1) is 20.3. The Balaban J connectivity index is 1.57. The summed E-state index contributed by atoms with van der Waals surface area (Å²) in [6.45, 7) is 7.90. The van der Waals surface area contributed by atoms with Crippen LogP contribution in [0.4, 0.5) is 5.69 Å². The Kier molecular flexibility index (Phi) is 7.00. The SMILES string of the molecule is CCN1CCN(CC(=O)N2CCNC(=O)[C@@H]2CC(=O)Nc2ccccc2)CC1. The zero-order valence-electron chi connectivity index (χ0n) is 16.4. The summed E-state index contributed by atoms with van der Waals surface area (Å²) in [5.74, 6) is -0.626. The molecule has 3 amide bonds. The Labute approximate surface area is 165 Å². The van der Waals surface area contributed by atoms with Crippen LogP contribution in [0.5, 0.6) is 0 Å². The lowest BCUT2D eigenvalue weighted by Gasteiger charge is -2.38. The van der Waals surface area contributed by atoms with Gasteiger partial charge in [0.05, 0.1) is 13.0 Å². The zero-order valence-corrected chi connectivity index (χ0v) is 16.4. The first-order valence-corrected chi connectivity index (χ1v) is 9.93. The number of hydrogen-bond acceptors (Lipinski definition) is 5. The minimum Gasteiger partial charge on any atom is -0.353 e. The molecule has 2 heterocycles. The number of nitrogens with zero attached hydrogens (tertiary/aromatic N) is 3. The standard InChI is InChI=1S/C20H29N5O3/c1-2-23-10-12-24(13-11-23)15-19(27)25-9-8-21-20(28)17(25)14-18(26)22-16-6-4-3-5-7-16/h3-7,17H,2,8-15H2,1H3,(H,21,28)(H,22,26)/t17-/m0/s1. The highest BCUT2D eigenvalue weighted by Gasteiger charge is 2.35. The topological polar surface area (TPSA) is 85.0 Å². The summed E-state index contributed by atoms with van der Waals surface area (Å²) in [4.78, 5) is 43.7. The summed E-state index contributed by atoms with van der Waals surface area (Å²) < 4.78 is 0. The van der Waals surface area contributed by atoms with E-state index in [1.807, 2.05) is 18.2 Å². The lowest BCUT2D eigenvalue weighted by molar-refractivity contribution is -0.145. The van der Waals surface area contributed by atoms with E-state index in [0.717, 1.165) is 32.7 Å². The molecule has 0 unspecified atom stereocenters. The van der Waals surface area contributed by atoms with Crippen LogP contribution in [0, 0.1) is 0 Å². The Bertz CT molecular complexity index is 688. The molecule has 0 aromatic heterocycles. The quantitative estimate of drug-likeness (QED) is 0.717. The van der Waals surface area contributed by atoms with E-state index in [1.54, 1.807) is 17.0 Å². The van der Waals surface area contributed by atoms with Gasteiger partial charge in [-0.15, -0.1) is 0 Å². The van der Waals surface area contributed by atoms with Crippen molar-refractivity contribution in [1.82, 2.24) is 20.0 Å². The van der Waals surface area contributed by atoms with Crippen molar-refractivity contribution in [2.45, 2.75) is 19.4 Å². The van der Waals surface area contributed by atoms with Gasteiger partial charge in [-0.05, 0) is 18.7 Å². The number of hydrogen-bond donors (Lipinski definition) is 2. The maximum Gasteiger partial charge on any atom is 0.243 e. The number of carbonyl (C=O) groups is 3. The van der Waals surface area contributed by atoms with Crippen LogP contribution < -0.4 is 10.6 Å². The van der Waals surface area contributed by atoms with Crippen molar-refractivity contribution >= 4 is 23.4 Å². The predicted octanol–water partition coefficient (Wildman–Crippen LogP) is -0.0203. The minimum atomic E-state index is -0.762. The number of anilines is 1. The summed E-state index contributed by atoms with van der Waals surface area (Å²) in [5.41, 5.74) is 0.676. The fourth-order valence-corrected chi connectivity index (χ4v) is 3.67. The van der Waals surface area contributed by atoms with Gasteiger partial charge in [-0.1, -0.05) is 25.1 Å². The van der Waals surface area contributed by atoms with Gasteiger partial charge in [0.15, 0.2) is 0 Å². The van der Waals surface area contributed by atoms with Gasteiger partial charge in [0, 0.05) is 45.0 Å². The van der Waals surface area contributed by atoms with E-state index in [-0.39, 0.29) is 24.1 Å². The van der Waals surface area contributed by atoms with E-state index in [2.05, 4.69) is 27.4 Å². The Morgan fingerprint density at radius 1 is 1.07 bits per heavy atom. The molecule has 28 heavy (non-hydrogen) atoms. The van der Waals surface area contributed by atoms with E-state index in [0.29, 0.717) is 25.3 Å². The number of likely N-dealkylation sites (N-methyl/N-ethyl adjacent to an activating group) is 1. The van der Waals surface area contributed by atoms with Gasteiger partial charge >= 0.3 is 0 Å². The van der Waals surface area contributed by atoms with Gasteiger partial charge in [0.25, 0.3) is 0 Å². The van der Waals surface area contributed by atoms with Crippen molar-refractivity contribution < 1.29 is 14.4 Å². The molecule has 2 aliphatic rings. The molecule has 152 valence electrons. The number of amides is 3. The summed E-state index contributed by atoms with van der Waals surface area (Å²) in [6, 6.07) is 8.34. The number of para-hydroxylation sites is 1. The second-order valence-electron chi connectivity index (χ2n) is 7.22. The average Bonchev–Trinajstić information content (AvgIpc) is 2.70. The molecule has 8 nitrogen and oxygen atoms in total. The van der Waals surface area contributed by atoms with Crippen LogP contribution in [0.2, 0.25) is 0 Å². The molecule has 0 bridgehead atoms. The molecule has 1 atom stereocenters. The Morgan fingerprint density at radius 2 is 1.75 bits per heavy atom. The number of nitrogens with one attached hydrogen (secondary N) is 2. The summed E-state index contributed by atoms with van der Waals surface area (Å²) in [7, 11) is 0. The molecule has 1 aromatic rings. The summed E-state index contributed by atoms with van der Waals surface area (Å²) in [6.07, 6.45) is -0.0456. The fourth-order valence-electron chi connectivity index (χ4n) is 3.67. The van der Waals surface area contributed by atoms with Crippen molar-refractivity contribution in [3.05, 3.63) is 30.3 Å². The van der Waals surface area contributed by atoms with Crippen molar-refractivity contribution in [3.8, 4) is 0 Å². The van der Waals surface area contributed by atoms with Gasteiger partial charge in [0.1, 0.15) is 6.04 Å². The highest BCUT2D eigenvalue weighted by atomic mass is 16.2. The molecular weight excluding hydrogens is 358 g/mol. The van der Waals surface area contributed by atoms with Crippen LogP contribution in [0.25, 0.3) is 0 Å². The summed E-state index contributed by atoms with van der Waals surface area (Å²) >= 11 is 0. The van der Waals surface area contributed by atoms with Crippen LogP contribution in [0.1, 0.15) is 13.3 Å². The third-order valence-electron chi connectivity index (χ3n) is 5.36. The molecule has 0 saturated carbocycles. The highest BCUT2D eigenvalue weighted by molar-refractivity contribution is 5.97. The monoisotopic (exact) mass is 387 g/mol. The first-order valence-electron chi connectivity index (χ1n) is 9.93. The number of piperazine rings is 2. The normalized spacial score (nSPS) is 21.2. The fraction of sp³-hybridized carbons (Fsp3) is 0.550. The van der Waals surface area contributed by atoms with Crippen molar-refractivity contribution in [1.29, 1.82) is 0 Å². The third kappa shape index (κ3) is 5.30. The van der Waals surface area contributed by atoms with E-state index >= 15 is 0 Å². The molecule has 2 saturated heterocycles. The van der Waals surface area contributed by atoms with E-state index < -0.39 is 6.04 Å². The van der Waals surface area contributed by atoms with Gasteiger partial charge in [-0.3, -0.25) is 19.3 Å². The van der Waals surface area contributed by atoms with Gasteiger partial charge in [-0.2, -0.15) is 0 Å². The van der Waals surface area contributed by atoms with Crippen molar-refractivity contribution in [2.24, 2.45) is 0 Å². The largest absolute Gasteiger partial charge is 0.353 e. The van der Waals surface area contributed by atoms with Crippen LogP contribution >= 0.6 is 0 Å². The van der Waals surface area contributed by atoms with Crippen molar-refractivity contribution in [2.75, 3.05) is 57.7 Å². The van der Waals surface area contributed by atoms with Crippen LogP contribution in [-0.4, -0.2) is 90.8 Å². The molecule has 0 radical (unpaired) electrons. The maximum absolute atomic E-state index is 12.9.